The number of amides is 2. The number of hydrogen-bond acceptors (Lipinski definition) is 4. The lowest BCUT2D eigenvalue weighted by atomic mass is 10.2. The van der Waals surface area contributed by atoms with E-state index in [4.69, 9.17) is 9.72 Å². The third-order valence-electron chi connectivity index (χ3n) is 5.70. The van der Waals surface area contributed by atoms with Crippen LogP contribution in [0.1, 0.15) is 35.4 Å². The molecule has 1 aliphatic heterocycles. The van der Waals surface area contributed by atoms with Gasteiger partial charge in [-0.3, -0.25) is 9.59 Å². The van der Waals surface area contributed by atoms with Gasteiger partial charge in [0.05, 0.1) is 23.7 Å². The summed E-state index contributed by atoms with van der Waals surface area (Å²) in [5.41, 5.74) is 2.39. The number of likely N-dealkylation sites (tertiary alicyclic amines) is 1. The summed E-state index contributed by atoms with van der Waals surface area (Å²) in [6.07, 6.45) is 3.56. The maximum atomic E-state index is 12.8. The number of ether oxygens (including phenoxy) is 1. The summed E-state index contributed by atoms with van der Waals surface area (Å²) in [4.78, 5) is 31.9. The zero-order valence-electron chi connectivity index (χ0n) is 17.8. The molecule has 0 bridgehead atoms. The number of hydrogen-bond donors (Lipinski definition) is 1. The Morgan fingerprint density at radius 1 is 1.06 bits per heavy atom. The maximum Gasteiger partial charge on any atom is 0.255 e. The Hall–Kier alpha value is -3.35. The summed E-state index contributed by atoms with van der Waals surface area (Å²) >= 11 is 0. The number of carbonyl (C=O) groups is 2. The van der Waals surface area contributed by atoms with Gasteiger partial charge in [0.2, 0.25) is 5.91 Å². The zero-order valence-corrected chi connectivity index (χ0v) is 17.8. The van der Waals surface area contributed by atoms with Gasteiger partial charge in [0.1, 0.15) is 18.1 Å². The molecule has 1 aromatic heterocycles. The fourth-order valence-electron chi connectivity index (χ4n) is 4.07. The van der Waals surface area contributed by atoms with Crippen LogP contribution in [0.25, 0.3) is 11.0 Å². The molecule has 162 valence electrons. The molecule has 2 heterocycles. The average Bonchev–Trinajstić information content (AvgIpc) is 3.45. The lowest BCUT2D eigenvalue weighted by Gasteiger charge is -2.17. The molecule has 4 rings (SSSR count). The molecule has 3 aromatic rings. The van der Waals surface area contributed by atoms with Gasteiger partial charge < -0.3 is 19.5 Å². The zero-order chi connectivity index (χ0) is 21.6. The molecule has 1 aliphatic rings. The van der Waals surface area contributed by atoms with Crippen LogP contribution in [0, 0.1) is 0 Å². The Bertz CT molecular complexity index is 1070. The quantitative estimate of drug-likeness (QED) is 0.569. The predicted octanol–water partition coefficient (Wildman–Crippen LogP) is 3.03. The van der Waals surface area contributed by atoms with Gasteiger partial charge in [-0.15, -0.1) is 0 Å². The van der Waals surface area contributed by atoms with Crippen LogP contribution in [0.4, 0.5) is 0 Å². The highest BCUT2D eigenvalue weighted by Crippen LogP contribution is 2.19. The highest BCUT2D eigenvalue weighted by atomic mass is 16.5. The van der Waals surface area contributed by atoms with Crippen LogP contribution in [-0.2, 0) is 17.8 Å². The molecule has 0 radical (unpaired) electrons. The first-order valence-corrected chi connectivity index (χ1v) is 10.8. The number of nitrogens with one attached hydrogen (secondary N) is 1. The van der Waals surface area contributed by atoms with Crippen molar-refractivity contribution in [2.45, 2.75) is 32.2 Å². The van der Waals surface area contributed by atoms with Crippen molar-refractivity contribution in [1.29, 1.82) is 0 Å². The molecule has 7 heteroatoms. The molecule has 0 aliphatic carbocycles. The van der Waals surface area contributed by atoms with Crippen molar-refractivity contribution in [3.63, 3.8) is 0 Å². The average molecular weight is 421 g/mol. The number of fused-ring (bicyclic) bond motifs is 1. The number of aryl methyl sites for hydroxylation is 1. The van der Waals surface area contributed by atoms with E-state index in [0.29, 0.717) is 30.8 Å². The largest absolute Gasteiger partial charge is 0.496 e. The predicted molar refractivity (Wildman–Crippen MR) is 119 cm³/mol. The first-order chi connectivity index (χ1) is 15.2. The fourth-order valence-corrected chi connectivity index (χ4v) is 4.07. The van der Waals surface area contributed by atoms with Crippen molar-refractivity contribution in [3.8, 4) is 5.75 Å². The summed E-state index contributed by atoms with van der Waals surface area (Å²) in [6, 6.07) is 15.1. The molecule has 2 aromatic carbocycles. The summed E-state index contributed by atoms with van der Waals surface area (Å²) in [7, 11) is 1.56. The number of imidazole rings is 1. The van der Waals surface area contributed by atoms with Gasteiger partial charge in [-0.1, -0.05) is 24.3 Å². The van der Waals surface area contributed by atoms with E-state index in [1.165, 1.54) is 0 Å². The third-order valence-corrected chi connectivity index (χ3v) is 5.70. The molecule has 0 atom stereocenters. The standard InChI is InChI=1S/C24H28N4O3/c1-31-21-12-5-2-9-18(21)24(30)25-14-8-13-22-26-19-10-3-4-11-20(19)28(22)17-23(29)27-15-6-7-16-27/h2-5,9-12H,6-8,13-17H2,1H3,(H,25,30). The molecule has 1 N–H and O–H groups in total. The second-order valence-electron chi connectivity index (χ2n) is 7.75. The summed E-state index contributed by atoms with van der Waals surface area (Å²) in [5.74, 6) is 1.42. The molecule has 1 fully saturated rings. The van der Waals surface area contributed by atoms with Gasteiger partial charge in [0, 0.05) is 26.1 Å². The monoisotopic (exact) mass is 420 g/mol. The number of benzene rings is 2. The molecular formula is C24H28N4O3. The van der Waals surface area contributed by atoms with E-state index >= 15 is 0 Å². The van der Waals surface area contributed by atoms with Gasteiger partial charge in [-0.2, -0.15) is 0 Å². The second kappa shape index (κ2) is 9.64. The SMILES string of the molecule is COc1ccccc1C(=O)NCCCc1nc2ccccc2n1CC(=O)N1CCCC1. The minimum absolute atomic E-state index is 0.145. The van der Waals surface area contributed by atoms with E-state index in [2.05, 4.69) is 5.32 Å². The summed E-state index contributed by atoms with van der Waals surface area (Å²) in [6.45, 7) is 2.51. The number of nitrogens with zero attached hydrogens (tertiary/aromatic N) is 3. The van der Waals surface area contributed by atoms with Gasteiger partial charge in [0.25, 0.3) is 5.91 Å². The van der Waals surface area contributed by atoms with Crippen LogP contribution < -0.4 is 10.1 Å². The normalized spacial score (nSPS) is 13.5. The van der Waals surface area contributed by atoms with Crippen LogP contribution in [0.2, 0.25) is 0 Å². The number of rotatable bonds is 8. The van der Waals surface area contributed by atoms with Gasteiger partial charge in [-0.05, 0) is 43.5 Å². The first kappa shape index (κ1) is 20.9. The van der Waals surface area contributed by atoms with E-state index < -0.39 is 0 Å². The number of para-hydroxylation sites is 3. The topological polar surface area (TPSA) is 76.5 Å². The molecule has 0 saturated carbocycles. The van der Waals surface area contributed by atoms with Gasteiger partial charge >= 0.3 is 0 Å². The lowest BCUT2D eigenvalue weighted by molar-refractivity contribution is -0.130. The third kappa shape index (κ3) is 4.71. The summed E-state index contributed by atoms with van der Waals surface area (Å²) < 4.78 is 7.29. The van der Waals surface area contributed by atoms with E-state index in [9.17, 15) is 9.59 Å². The molecule has 1 saturated heterocycles. The summed E-state index contributed by atoms with van der Waals surface area (Å²) in [5, 5.41) is 2.95. The number of aromatic nitrogens is 2. The lowest BCUT2D eigenvalue weighted by Crippen LogP contribution is -2.31. The van der Waals surface area contributed by atoms with Crippen LogP contribution in [-0.4, -0.2) is 53.0 Å². The van der Waals surface area contributed by atoms with Crippen molar-refractivity contribution in [2.24, 2.45) is 0 Å². The van der Waals surface area contributed by atoms with Crippen molar-refractivity contribution in [3.05, 3.63) is 59.9 Å². The Morgan fingerprint density at radius 2 is 1.81 bits per heavy atom. The van der Waals surface area contributed by atoms with Gasteiger partial charge in [-0.25, -0.2) is 4.98 Å². The van der Waals surface area contributed by atoms with Crippen molar-refractivity contribution in [2.75, 3.05) is 26.7 Å². The molecule has 0 unspecified atom stereocenters. The number of carbonyl (C=O) groups excluding carboxylic acids is 2. The molecule has 0 spiro atoms. The molecule has 31 heavy (non-hydrogen) atoms. The minimum Gasteiger partial charge on any atom is -0.496 e. The smallest absolute Gasteiger partial charge is 0.255 e. The highest BCUT2D eigenvalue weighted by Gasteiger charge is 2.20. The highest BCUT2D eigenvalue weighted by molar-refractivity contribution is 5.96. The first-order valence-electron chi connectivity index (χ1n) is 10.8. The molecular weight excluding hydrogens is 392 g/mol. The fraction of sp³-hybridized carbons (Fsp3) is 0.375. The van der Waals surface area contributed by atoms with Crippen LogP contribution >= 0.6 is 0 Å². The second-order valence-corrected chi connectivity index (χ2v) is 7.75. The minimum atomic E-state index is -0.157. The van der Waals surface area contributed by atoms with Crippen molar-refractivity contribution in [1.82, 2.24) is 19.8 Å². The Labute approximate surface area is 182 Å². The van der Waals surface area contributed by atoms with Crippen molar-refractivity contribution >= 4 is 22.8 Å². The van der Waals surface area contributed by atoms with Gasteiger partial charge in [0.15, 0.2) is 0 Å². The molecule has 2 amide bonds. The van der Waals surface area contributed by atoms with Crippen molar-refractivity contribution < 1.29 is 14.3 Å². The Morgan fingerprint density at radius 3 is 2.61 bits per heavy atom. The maximum absolute atomic E-state index is 12.8. The van der Waals surface area contributed by atoms with E-state index in [0.717, 1.165) is 49.2 Å². The number of methoxy groups -OCH3 is 1. The molecule has 7 nitrogen and oxygen atoms in total. The van der Waals surface area contributed by atoms with Crippen LogP contribution in [0.5, 0.6) is 5.75 Å². The Kier molecular flexibility index (Phi) is 6.50. The van der Waals surface area contributed by atoms with E-state index in [1.54, 1.807) is 19.2 Å². The van der Waals surface area contributed by atoms with E-state index in [-0.39, 0.29) is 11.8 Å². The Balaban J connectivity index is 1.41. The van der Waals surface area contributed by atoms with E-state index in [1.807, 2.05) is 45.9 Å². The van der Waals surface area contributed by atoms with Crippen LogP contribution in [0.3, 0.4) is 0 Å². The van der Waals surface area contributed by atoms with Crippen LogP contribution in [0.15, 0.2) is 48.5 Å².